The largest absolute Gasteiger partial charge is 0.287 e. The van der Waals surface area contributed by atoms with Crippen LogP contribution in [0.3, 0.4) is 0 Å². The molecule has 6 nitrogen and oxygen atoms in total. The average Bonchev–Trinajstić information content (AvgIpc) is 3.21. The Morgan fingerprint density at radius 2 is 2.26 bits per heavy atom. The van der Waals surface area contributed by atoms with Crippen LogP contribution in [0.4, 0.5) is 0 Å². The first kappa shape index (κ1) is 14.7. The second kappa shape index (κ2) is 5.62. The lowest BCUT2D eigenvalue weighted by Gasteiger charge is -2.21. The van der Waals surface area contributed by atoms with Gasteiger partial charge >= 0.3 is 0 Å². The van der Waals surface area contributed by atoms with E-state index in [1.54, 1.807) is 0 Å². The quantitative estimate of drug-likeness (QED) is 0.802. The van der Waals surface area contributed by atoms with Gasteiger partial charge in [0.15, 0.2) is 5.82 Å². The van der Waals surface area contributed by atoms with E-state index in [1.807, 2.05) is 30.8 Å². The molecule has 23 heavy (non-hydrogen) atoms. The number of benzene rings is 1. The summed E-state index contributed by atoms with van der Waals surface area (Å²) in [6, 6.07) is 6.19. The van der Waals surface area contributed by atoms with Gasteiger partial charge in [-0.25, -0.2) is 4.98 Å². The van der Waals surface area contributed by atoms with E-state index in [9.17, 15) is 0 Å². The molecule has 120 valence electrons. The van der Waals surface area contributed by atoms with E-state index in [4.69, 9.17) is 11.6 Å². The number of hydrogen-bond acceptors (Lipinski definition) is 4. The molecule has 3 heterocycles. The molecular weight excluding hydrogens is 312 g/mol. The molecular formula is C16H19ClN6. The number of aromatic amines is 1. The summed E-state index contributed by atoms with van der Waals surface area (Å²) in [5.74, 6) is 1.74. The van der Waals surface area contributed by atoms with Gasteiger partial charge in [0.25, 0.3) is 0 Å². The summed E-state index contributed by atoms with van der Waals surface area (Å²) in [4.78, 5) is 6.91. The zero-order chi connectivity index (χ0) is 16.0. The monoisotopic (exact) mass is 330 g/mol. The number of nitrogens with zero attached hydrogens (tertiary/aromatic N) is 5. The summed E-state index contributed by atoms with van der Waals surface area (Å²) in [5.41, 5.74) is 2.09. The van der Waals surface area contributed by atoms with Gasteiger partial charge in [-0.3, -0.25) is 14.7 Å². The van der Waals surface area contributed by atoms with E-state index < -0.39 is 0 Å². The van der Waals surface area contributed by atoms with Crippen LogP contribution in [0.1, 0.15) is 36.2 Å². The Morgan fingerprint density at radius 3 is 3.04 bits per heavy atom. The van der Waals surface area contributed by atoms with E-state index in [0.29, 0.717) is 0 Å². The number of nitrogens with one attached hydrogen (secondary N) is 1. The van der Waals surface area contributed by atoms with Crippen molar-refractivity contribution in [2.24, 2.45) is 7.05 Å². The third-order valence-corrected chi connectivity index (χ3v) is 4.84. The molecule has 1 saturated heterocycles. The predicted octanol–water partition coefficient (Wildman–Crippen LogP) is 2.99. The number of aryl methyl sites for hydroxylation is 2. The maximum absolute atomic E-state index is 6.42. The highest BCUT2D eigenvalue weighted by Gasteiger charge is 2.30. The fourth-order valence-electron chi connectivity index (χ4n) is 3.47. The second-order valence-corrected chi connectivity index (χ2v) is 6.52. The standard InChI is InChI=1S/C16H19ClN6/c1-10-18-16(20-19-10)14-7-4-8-23(14)9-12-15-11(17)5-3-6-13(15)22(2)21-12/h3,5-6,14H,4,7-9H2,1-2H3,(H,18,19,20)/t14-/m1/s1. The molecule has 0 saturated carbocycles. The number of likely N-dealkylation sites (tertiary alicyclic amines) is 1. The second-order valence-electron chi connectivity index (χ2n) is 6.11. The molecule has 0 bridgehead atoms. The van der Waals surface area contributed by atoms with Crippen molar-refractivity contribution in [2.45, 2.75) is 32.4 Å². The first-order valence-corrected chi connectivity index (χ1v) is 8.24. The number of rotatable bonds is 3. The lowest BCUT2D eigenvalue weighted by molar-refractivity contribution is 0.237. The molecule has 1 aliphatic heterocycles. The van der Waals surface area contributed by atoms with Gasteiger partial charge in [0.1, 0.15) is 5.82 Å². The number of H-pyrrole nitrogens is 1. The van der Waals surface area contributed by atoms with E-state index in [-0.39, 0.29) is 6.04 Å². The Bertz CT molecular complexity index is 851. The highest BCUT2D eigenvalue weighted by atomic mass is 35.5. The Morgan fingerprint density at radius 1 is 1.39 bits per heavy atom. The van der Waals surface area contributed by atoms with Crippen LogP contribution in [-0.4, -0.2) is 36.4 Å². The van der Waals surface area contributed by atoms with Gasteiger partial charge in [-0.2, -0.15) is 10.2 Å². The molecule has 7 heteroatoms. The molecule has 0 aliphatic carbocycles. The molecule has 1 aliphatic rings. The van der Waals surface area contributed by atoms with Crippen molar-refractivity contribution >= 4 is 22.5 Å². The van der Waals surface area contributed by atoms with Gasteiger partial charge < -0.3 is 0 Å². The van der Waals surface area contributed by atoms with Crippen molar-refractivity contribution in [3.8, 4) is 0 Å². The summed E-state index contributed by atoms with van der Waals surface area (Å²) < 4.78 is 1.90. The van der Waals surface area contributed by atoms with Crippen LogP contribution < -0.4 is 0 Å². The molecule has 0 unspecified atom stereocenters. The molecule has 1 atom stereocenters. The fraction of sp³-hybridized carbons (Fsp3) is 0.438. The summed E-state index contributed by atoms with van der Waals surface area (Å²) in [7, 11) is 1.96. The van der Waals surface area contributed by atoms with E-state index in [2.05, 4.69) is 31.2 Å². The zero-order valence-corrected chi connectivity index (χ0v) is 14.0. The van der Waals surface area contributed by atoms with E-state index in [1.165, 1.54) is 0 Å². The van der Waals surface area contributed by atoms with Gasteiger partial charge in [-0.1, -0.05) is 17.7 Å². The molecule has 0 radical (unpaired) electrons. The Kier molecular flexibility index (Phi) is 3.58. The molecule has 4 rings (SSSR count). The van der Waals surface area contributed by atoms with E-state index >= 15 is 0 Å². The van der Waals surface area contributed by atoms with Crippen LogP contribution in [0, 0.1) is 6.92 Å². The zero-order valence-electron chi connectivity index (χ0n) is 13.3. The minimum atomic E-state index is 0.250. The van der Waals surface area contributed by atoms with Gasteiger partial charge in [-0.05, 0) is 38.4 Å². The molecule has 2 aromatic heterocycles. The molecule has 0 spiro atoms. The van der Waals surface area contributed by atoms with Gasteiger partial charge in [0.05, 0.1) is 22.3 Å². The Hall–Kier alpha value is -1.92. The highest BCUT2D eigenvalue weighted by molar-refractivity contribution is 6.35. The first-order chi connectivity index (χ1) is 11.1. The van der Waals surface area contributed by atoms with Crippen LogP contribution >= 0.6 is 11.6 Å². The minimum absolute atomic E-state index is 0.250. The number of aromatic nitrogens is 5. The smallest absolute Gasteiger partial charge is 0.167 e. The molecule has 1 N–H and O–H groups in total. The predicted molar refractivity (Wildman–Crippen MR) is 89.2 cm³/mol. The third kappa shape index (κ3) is 2.52. The summed E-state index contributed by atoms with van der Waals surface area (Å²) in [6.45, 7) is 3.72. The molecule has 0 amide bonds. The fourth-order valence-corrected chi connectivity index (χ4v) is 3.75. The van der Waals surface area contributed by atoms with Crippen molar-refractivity contribution in [2.75, 3.05) is 6.54 Å². The van der Waals surface area contributed by atoms with Crippen LogP contribution in [0.2, 0.25) is 5.02 Å². The summed E-state index contributed by atoms with van der Waals surface area (Å²) in [6.07, 6.45) is 2.23. The average molecular weight is 331 g/mol. The highest BCUT2D eigenvalue weighted by Crippen LogP contribution is 2.33. The number of fused-ring (bicyclic) bond motifs is 1. The molecule has 3 aromatic rings. The van der Waals surface area contributed by atoms with Crippen molar-refractivity contribution in [1.29, 1.82) is 0 Å². The minimum Gasteiger partial charge on any atom is -0.287 e. The van der Waals surface area contributed by atoms with Crippen molar-refractivity contribution < 1.29 is 0 Å². The number of halogens is 1. The lowest BCUT2D eigenvalue weighted by Crippen LogP contribution is -2.24. The maximum Gasteiger partial charge on any atom is 0.167 e. The lowest BCUT2D eigenvalue weighted by atomic mass is 10.1. The van der Waals surface area contributed by atoms with Gasteiger partial charge in [0, 0.05) is 19.0 Å². The molecule has 1 fully saturated rings. The number of hydrogen-bond donors (Lipinski definition) is 1. The van der Waals surface area contributed by atoms with Gasteiger partial charge in [0.2, 0.25) is 0 Å². The maximum atomic E-state index is 6.42. The SMILES string of the molecule is Cc1nc([C@H]2CCCN2Cc2nn(C)c3cccc(Cl)c23)n[nH]1. The van der Waals surface area contributed by atoms with Crippen molar-refractivity contribution in [3.05, 3.63) is 40.6 Å². The normalized spacial score (nSPS) is 19.0. The van der Waals surface area contributed by atoms with Gasteiger partial charge in [-0.15, -0.1) is 0 Å². The van der Waals surface area contributed by atoms with Crippen LogP contribution in [0.25, 0.3) is 10.9 Å². The molecule has 1 aromatic carbocycles. The van der Waals surface area contributed by atoms with Crippen molar-refractivity contribution in [3.63, 3.8) is 0 Å². The van der Waals surface area contributed by atoms with E-state index in [0.717, 1.165) is 59.2 Å². The third-order valence-electron chi connectivity index (χ3n) is 4.53. The summed E-state index contributed by atoms with van der Waals surface area (Å²) in [5, 5.41) is 13.8. The van der Waals surface area contributed by atoms with Crippen LogP contribution in [0.5, 0.6) is 0 Å². The Balaban J connectivity index is 1.67. The topological polar surface area (TPSA) is 62.6 Å². The van der Waals surface area contributed by atoms with Crippen molar-refractivity contribution in [1.82, 2.24) is 29.9 Å². The summed E-state index contributed by atoms with van der Waals surface area (Å²) >= 11 is 6.42. The van der Waals surface area contributed by atoms with Crippen LogP contribution in [-0.2, 0) is 13.6 Å². The van der Waals surface area contributed by atoms with Crippen LogP contribution in [0.15, 0.2) is 18.2 Å². The Labute approximate surface area is 139 Å². The first-order valence-electron chi connectivity index (χ1n) is 7.86.